The molecule has 2 heterocycles. The summed E-state index contributed by atoms with van der Waals surface area (Å²) in [6.07, 6.45) is 0. The first-order valence-corrected chi connectivity index (χ1v) is 9.67. The highest BCUT2D eigenvalue weighted by molar-refractivity contribution is 7.80. The van der Waals surface area contributed by atoms with Gasteiger partial charge in [0.25, 0.3) is 0 Å². The summed E-state index contributed by atoms with van der Waals surface area (Å²) >= 11 is 5.59. The summed E-state index contributed by atoms with van der Waals surface area (Å²) in [6, 6.07) is 9.85. The van der Waals surface area contributed by atoms with E-state index in [-0.39, 0.29) is 0 Å². The third kappa shape index (κ3) is 4.86. The van der Waals surface area contributed by atoms with Crippen LogP contribution >= 0.6 is 12.2 Å². The number of nitrogens with zero attached hydrogens (tertiary/aromatic N) is 4. The van der Waals surface area contributed by atoms with Crippen molar-refractivity contribution in [2.24, 2.45) is 0 Å². The molecule has 0 atom stereocenters. The molecule has 1 N–H and O–H groups in total. The van der Waals surface area contributed by atoms with Crippen molar-refractivity contribution in [2.45, 2.75) is 26.7 Å². The molecule has 0 radical (unpaired) electrons. The maximum atomic E-state index is 5.59. The Morgan fingerprint density at radius 3 is 2.37 bits per heavy atom. The first-order valence-electron chi connectivity index (χ1n) is 9.27. The molecule has 6 nitrogen and oxygen atoms in total. The van der Waals surface area contributed by atoms with E-state index in [1.54, 1.807) is 7.11 Å². The lowest BCUT2D eigenvalue weighted by Crippen LogP contribution is -2.50. The summed E-state index contributed by atoms with van der Waals surface area (Å²) in [5, 5.41) is 4.06. The Labute approximate surface area is 166 Å². The fraction of sp³-hybridized carbons (Fsp3) is 0.450. The highest BCUT2D eigenvalue weighted by atomic mass is 32.1. The minimum Gasteiger partial charge on any atom is -0.497 e. The number of anilines is 2. The van der Waals surface area contributed by atoms with E-state index >= 15 is 0 Å². The SMILES string of the molecule is COc1ccc(NC(=S)N2CCN(c3cc(C)nc(C(C)C)n3)CC2)cc1. The summed E-state index contributed by atoms with van der Waals surface area (Å²) in [6.45, 7) is 9.78. The minimum absolute atomic E-state index is 0.325. The fourth-order valence-electron chi connectivity index (χ4n) is 3.01. The van der Waals surface area contributed by atoms with E-state index < -0.39 is 0 Å². The molecule has 1 aliphatic rings. The summed E-state index contributed by atoms with van der Waals surface area (Å²) in [7, 11) is 1.66. The van der Waals surface area contributed by atoms with Crippen molar-refractivity contribution in [1.82, 2.24) is 14.9 Å². The van der Waals surface area contributed by atoms with E-state index in [1.807, 2.05) is 31.2 Å². The zero-order valence-corrected chi connectivity index (χ0v) is 17.2. The molecule has 0 amide bonds. The van der Waals surface area contributed by atoms with Gasteiger partial charge in [-0.1, -0.05) is 13.8 Å². The summed E-state index contributed by atoms with van der Waals surface area (Å²) in [4.78, 5) is 13.8. The van der Waals surface area contributed by atoms with Gasteiger partial charge in [0.2, 0.25) is 0 Å². The van der Waals surface area contributed by atoms with Crippen LogP contribution in [0.1, 0.15) is 31.3 Å². The van der Waals surface area contributed by atoms with E-state index in [9.17, 15) is 0 Å². The van der Waals surface area contributed by atoms with Crippen molar-refractivity contribution in [2.75, 3.05) is 43.5 Å². The second-order valence-electron chi connectivity index (χ2n) is 7.01. The number of piperazine rings is 1. The molecule has 1 aliphatic heterocycles. The Morgan fingerprint density at radius 1 is 1.11 bits per heavy atom. The number of hydrogen-bond donors (Lipinski definition) is 1. The molecule has 0 bridgehead atoms. The number of nitrogens with one attached hydrogen (secondary N) is 1. The van der Waals surface area contributed by atoms with Crippen LogP contribution in [-0.4, -0.2) is 53.3 Å². The molecular weight excluding hydrogens is 358 g/mol. The van der Waals surface area contributed by atoms with Crippen LogP contribution < -0.4 is 15.0 Å². The van der Waals surface area contributed by atoms with Crippen LogP contribution in [0.25, 0.3) is 0 Å². The molecule has 2 aromatic rings. The molecule has 1 aromatic heterocycles. The average Bonchev–Trinajstić information content (AvgIpc) is 2.68. The summed E-state index contributed by atoms with van der Waals surface area (Å²) in [5.41, 5.74) is 1.99. The second-order valence-corrected chi connectivity index (χ2v) is 7.40. The Bertz CT molecular complexity index is 785. The van der Waals surface area contributed by atoms with Crippen molar-refractivity contribution in [3.8, 4) is 5.75 Å². The number of methoxy groups -OCH3 is 1. The van der Waals surface area contributed by atoms with Crippen molar-refractivity contribution in [3.05, 3.63) is 41.9 Å². The van der Waals surface area contributed by atoms with Crippen molar-refractivity contribution < 1.29 is 4.74 Å². The van der Waals surface area contributed by atoms with Gasteiger partial charge in [-0.25, -0.2) is 9.97 Å². The van der Waals surface area contributed by atoms with Gasteiger partial charge in [-0.2, -0.15) is 0 Å². The number of rotatable bonds is 4. The lowest BCUT2D eigenvalue weighted by molar-refractivity contribution is 0.389. The Morgan fingerprint density at radius 2 is 1.78 bits per heavy atom. The molecule has 0 saturated carbocycles. The lowest BCUT2D eigenvalue weighted by atomic mass is 10.2. The van der Waals surface area contributed by atoms with Crippen molar-refractivity contribution in [1.29, 1.82) is 0 Å². The molecular formula is C20H27N5OS. The van der Waals surface area contributed by atoms with Crippen LogP contribution in [0.4, 0.5) is 11.5 Å². The van der Waals surface area contributed by atoms with E-state index in [1.165, 1.54) is 0 Å². The van der Waals surface area contributed by atoms with E-state index in [4.69, 9.17) is 21.9 Å². The highest BCUT2D eigenvalue weighted by Gasteiger charge is 2.21. The molecule has 1 fully saturated rings. The molecule has 1 saturated heterocycles. The number of benzene rings is 1. The molecule has 0 unspecified atom stereocenters. The lowest BCUT2D eigenvalue weighted by Gasteiger charge is -2.37. The van der Waals surface area contributed by atoms with Crippen LogP contribution in [-0.2, 0) is 0 Å². The van der Waals surface area contributed by atoms with Crippen LogP contribution in [0.3, 0.4) is 0 Å². The smallest absolute Gasteiger partial charge is 0.173 e. The summed E-state index contributed by atoms with van der Waals surface area (Å²) < 4.78 is 5.19. The highest BCUT2D eigenvalue weighted by Crippen LogP contribution is 2.20. The van der Waals surface area contributed by atoms with E-state index in [0.717, 1.165) is 60.1 Å². The van der Waals surface area contributed by atoms with Gasteiger partial charge in [0.1, 0.15) is 17.4 Å². The van der Waals surface area contributed by atoms with Gasteiger partial charge < -0.3 is 19.9 Å². The normalized spacial score (nSPS) is 14.4. The average molecular weight is 386 g/mol. The van der Waals surface area contributed by atoms with Gasteiger partial charge in [-0.05, 0) is 43.4 Å². The van der Waals surface area contributed by atoms with E-state index in [0.29, 0.717) is 5.92 Å². The number of thiocarbonyl (C=S) groups is 1. The second kappa shape index (κ2) is 8.52. The maximum Gasteiger partial charge on any atom is 0.173 e. The number of aromatic nitrogens is 2. The number of ether oxygens (including phenoxy) is 1. The standard InChI is InChI=1S/C20H27N5OS/c1-14(2)19-21-15(3)13-18(23-19)24-9-11-25(12-10-24)20(27)22-16-5-7-17(26-4)8-6-16/h5-8,13-14H,9-12H2,1-4H3,(H,22,27). The predicted molar refractivity (Wildman–Crippen MR) is 114 cm³/mol. The van der Waals surface area contributed by atoms with E-state index in [2.05, 4.69) is 40.0 Å². The maximum absolute atomic E-state index is 5.59. The van der Waals surface area contributed by atoms with Crippen LogP contribution in [0.2, 0.25) is 0 Å². The van der Waals surface area contributed by atoms with Gasteiger partial charge in [-0.3, -0.25) is 0 Å². The molecule has 0 aliphatic carbocycles. The number of hydrogen-bond acceptors (Lipinski definition) is 5. The first kappa shape index (κ1) is 19.4. The van der Waals surface area contributed by atoms with Crippen molar-refractivity contribution >= 4 is 28.8 Å². The number of aryl methyl sites for hydroxylation is 1. The van der Waals surface area contributed by atoms with Gasteiger partial charge in [0.05, 0.1) is 7.11 Å². The summed E-state index contributed by atoms with van der Waals surface area (Å²) in [5.74, 6) is 3.08. The molecule has 3 rings (SSSR count). The van der Waals surface area contributed by atoms with Crippen molar-refractivity contribution in [3.63, 3.8) is 0 Å². The third-order valence-corrected chi connectivity index (χ3v) is 4.97. The minimum atomic E-state index is 0.325. The monoisotopic (exact) mass is 385 g/mol. The van der Waals surface area contributed by atoms with Crippen LogP contribution in [0.15, 0.2) is 30.3 Å². The molecule has 144 valence electrons. The quantitative estimate of drug-likeness (QED) is 0.809. The fourth-order valence-corrected chi connectivity index (χ4v) is 3.31. The Balaban J connectivity index is 1.59. The Kier molecular flexibility index (Phi) is 6.11. The largest absolute Gasteiger partial charge is 0.497 e. The zero-order valence-electron chi connectivity index (χ0n) is 16.4. The topological polar surface area (TPSA) is 53.5 Å². The van der Waals surface area contributed by atoms with Gasteiger partial charge in [0.15, 0.2) is 5.11 Å². The molecule has 27 heavy (non-hydrogen) atoms. The third-order valence-electron chi connectivity index (χ3n) is 4.61. The van der Waals surface area contributed by atoms with Gasteiger partial charge >= 0.3 is 0 Å². The van der Waals surface area contributed by atoms with Gasteiger partial charge in [0, 0.05) is 49.5 Å². The first-order chi connectivity index (χ1) is 13.0. The zero-order chi connectivity index (χ0) is 19.4. The Hall–Kier alpha value is -2.41. The van der Waals surface area contributed by atoms with Crippen LogP contribution in [0.5, 0.6) is 5.75 Å². The van der Waals surface area contributed by atoms with Gasteiger partial charge in [-0.15, -0.1) is 0 Å². The molecule has 0 spiro atoms. The molecule has 1 aromatic carbocycles. The van der Waals surface area contributed by atoms with Crippen LogP contribution in [0, 0.1) is 6.92 Å². The molecule has 7 heteroatoms. The predicted octanol–water partition coefficient (Wildman–Crippen LogP) is 3.44.